The van der Waals surface area contributed by atoms with Gasteiger partial charge in [0, 0.05) is 13.6 Å². The van der Waals surface area contributed by atoms with Gasteiger partial charge in [0.25, 0.3) is 0 Å². The number of carbonyl (C=O) groups is 1. The Kier molecular flexibility index (Phi) is 5.56. The molecule has 1 aliphatic heterocycles. The second kappa shape index (κ2) is 7.84. The van der Waals surface area contributed by atoms with Gasteiger partial charge in [-0.15, -0.1) is 0 Å². The first-order valence-electron chi connectivity index (χ1n) is 9.04. The van der Waals surface area contributed by atoms with Crippen molar-refractivity contribution in [1.82, 2.24) is 10.2 Å². The minimum Gasteiger partial charge on any atom is -0.373 e. The van der Waals surface area contributed by atoms with Crippen molar-refractivity contribution in [3.8, 4) is 0 Å². The van der Waals surface area contributed by atoms with Crippen LogP contribution in [0.2, 0.25) is 0 Å². The number of nitrogens with one attached hydrogen (secondary N) is 1. The fourth-order valence-electron chi connectivity index (χ4n) is 3.76. The van der Waals surface area contributed by atoms with E-state index >= 15 is 0 Å². The third-order valence-corrected chi connectivity index (χ3v) is 5.14. The highest BCUT2D eigenvalue weighted by Gasteiger charge is 2.41. The van der Waals surface area contributed by atoms with Crippen molar-refractivity contribution in [1.29, 1.82) is 0 Å². The van der Waals surface area contributed by atoms with Crippen LogP contribution in [0.15, 0.2) is 36.4 Å². The molecule has 4 nitrogen and oxygen atoms in total. The van der Waals surface area contributed by atoms with Crippen LogP contribution in [0.4, 0.5) is 4.79 Å². The van der Waals surface area contributed by atoms with Crippen molar-refractivity contribution in [3.63, 3.8) is 0 Å². The van der Waals surface area contributed by atoms with Crippen LogP contribution in [-0.2, 0) is 4.74 Å². The van der Waals surface area contributed by atoms with Gasteiger partial charge in [-0.3, -0.25) is 0 Å². The van der Waals surface area contributed by atoms with E-state index in [-0.39, 0.29) is 17.7 Å². The first kappa shape index (κ1) is 17.0. The van der Waals surface area contributed by atoms with E-state index in [4.69, 9.17) is 4.74 Å². The van der Waals surface area contributed by atoms with E-state index in [0.29, 0.717) is 13.2 Å². The average molecular weight is 328 g/mol. The lowest BCUT2D eigenvalue weighted by Crippen LogP contribution is -2.44. The lowest BCUT2D eigenvalue weighted by atomic mass is 9.82. The Balaban J connectivity index is 1.44. The molecule has 1 saturated heterocycles. The van der Waals surface area contributed by atoms with Gasteiger partial charge in [0.2, 0.25) is 0 Å². The number of hydrogen-bond acceptors (Lipinski definition) is 2. The molecule has 0 unspecified atom stereocenters. The zero-order valence-electron chi connectivity index (χ0n) is 14.5. The van der Waals surface area contributed by atoms with Gasteiger partial charge in [-0.05, 0) is 24.8 Å². The number of urea groups is 1. The Labute approximate surface area is 144 Å². The normalized spacial score (nSPS) is 22.8. The molecule has 2 amide bonds. The molecule has 0 aromatic heterocycles. The fourth-order valence-corrected chi connectivity index (χ4v) is 3.76. The van der Waals surface area contributed by atoms with Gasteiger partial charge in [-0.25, -0.2) is 4.79 Å². The predicted octanol–water partition coefficient (Wildman–Crippen LogP) is 3.83. The summed E-state index contributed by atoms with van der Waals surface area (Å²) >= 11 is 0. The molecule has 2 fully saturated rings. The van der Waals surface area contributed by atoms with Crippen LogP contribution in [0.1, 0.15) is 44.1 Å². The Morgan fingerprint density at radius 2 is 2.04 bits per heavy atom. The Morgan fingerprint density at radius 3 is 2.79 bits per heavy atom. The molecule has 1 aromatic carbocycles. The van der Waals surface area contributed by atoms with Crippen LogP contribution in [-0.4, -0.2) is 42.8 Å². The second-order valence-corrected chi connectivity index (χ2v) is 7.10. The van der Waals surface area contributed by atoms with Crippen molar-refractivity contribution in [2.24, 2.45) is 0 Å². The molecule has 130 valence electrons. The summed E-state index contributed by atoms with van der Waals surface area (Å²) in [4.78, 5) is 14.1. The van der Waals surface area contributed by atoms with E-state index in [1.807, 2.05) is 37.4 Å². The number of rotatable bonds is 4. The lowest BCUT2D eigenvalue weighted by Gasteiger charge is -2.32. The smallest absolute Gasteiger partial charge is 0.317 e. The van der Waals surface area contributed by atoms with E-state index < -0.39 is 0 Å². The summed E-state index contributed by atoms with van der Waals surface area (Å²) < 4.78 is 6.07. The Bertz CT molecular complexity index is 564. The summed E-state index contributed by atoms with van der Waals surface area (Å²) in [7, 11) is 1.83. The molecule has 0 bridgehead atoms. The Hall–Kier alpha value is -1.81. The van der Waals surface area contributed by atoms with Gasteiger partial charge in [0.05, 0.1) is 18.2 Å². The second-order valence-electron chi connectivity index (χ2n) is 7.10. The number of hydrogen-bond donors (Lipinski definition) is 1. The third-order valence-electron chi connectivity index (χ3n) is 5.14. The first-order chi connectivity index (χ1) is 11.7. The molecule has 2 aliphatic rings. The quantitative estimate of drug-likeness (QED) is 0.912. The monoisotopic (exact) mass is 328 g/mol. The number of ether oxygens (including phenoxy) is 1. The van der Waals surface area contributed by atoms with Crippen molar-refractivity contribution in [3.05, 3.63) is 42.0 Å². The molecule has 0 radical (unpaired) electrons. The van der Waals surface area contributed by atoms with Crippen LogP contribution in [0.3, 0.4) is 0 Å². The van der Waals surface area contributed by atoms with Crippen molar-refractivity contribution < 1.29 is 9.53 Å². The van der Waals surface area contributed by atoms with E-state index in [0.717, 1.165) is 24.8 Å². The van der Waals surface area contributed by atoms with Gasteiger partial charge in [0.1, 0.15) is 0 Å². The number of carbonyl (C=O) groups excluding carboxylic acids is 1. The SMILES string of the molecule is CN(C/C=C/c1ccccc1)C(=O)N[C@@H]1COC2(CCCCC2)C1. The summed E-state index contributed by atoms with van der Waals surface area (Å²) in [6.45, 7) is 1.25. The largest absolute Gasteiger partial charge is 0.373 e. The number of nitrogens with zero attached hydrogens (tertiary/aromatic N) is 1. The van der Waals surface area contributed by atoms with Gasteiger partial charge in [-0.1, -0.05) is 61.7 Å². The van der Waals surface area contributed by atoms with Crippen LogP contribution < -0.4 is 5.32 Å². The lowest BCUT2D eigenvalue weighted by molar-refractivity contribution is -0.0246. The van der Waals surface area contributed by atoms with Gasteiger partial charge >= 0.3 is 6.03 Å². The van der Waals surface area contributed by atoms with Crippen molar-refractivity contribution >= 4 is 12.1 Å². The van der Waals surface area contributed by atoms with Crippen LogP contribution >= 0.6 is 0 Å². The maximum atomic E-state index is 12.3. The van der Waals surface area contributed by atoms with E-state index in [9.17, 15) is 4.79 Å². The van der Waals surface area contributed by atoms with Crippen LogP contribution in [0, 0.1) is 0 Å². The maximum absolute atomic E-state index is 12.3. The molecule has 1 aliphatic carbocycles. The average Bonchev–Trinajstić information content (AvgIpc) is 2.98. The molecule has 3 rings (SSSR count). The fraction of sp³-hybridized carbons (Fsp3) is 0.550. The number of likely N-dealkylation sites (N-methyl/N-ethyl adjacent to an activating group) is 1. The van der Waals surface area contributed by atoms with Gasteiger partial charge < -0.3 is 15.0 Å². The van der Waals surface area contributed by atoms with Gasteiger partial charge in [0.15, 0.2) is 0 Å². The number of benzene rings is 1. The van der Waals surface area contributed by atoms with Crippen molar-refractivity contribution in [2.75, 3.05) is 20.2 Å². The molecule has 1 spiro atoms. The summed E-state index contributed by atoms with van der Waals surface area (Å²) in [6, 6.07) is 10.3. The molecular formula is C20H28N2O2. The highest BCUT2D eigenvalue weighted by atomic mass is 16.5. The molecule has 24 heavy (non-hydrogen) atoms. The molecule has 1 heterocycles. The summed E-state index contributed by atoms with van der Waals surface area (Å²) in [5.74, 6) is 0. The predicted molar refractivity (Wildman–Crippen MR) is 96.8 cm³/mol. The Morgan fingerprint density at radius 1 is 1.29 bits per heavy atom. The highest BCUT2D eigenvalue weighted by molar-refractivity contribution is 5.74. The summed E-state index contributed by atoms with van der Waals surface area (Å²) in [5.41, 5.74) is 1.19. The third kappa shape index (κ3) is 4.38. The van der Waals surface area contributed by atoms with Crippen molar-refractivity contribution in [2.45, 2.75) is 50.2 Å². The van der Waals surface area contributed by atoms with E-state index in [2.05, 4.69) is 17.4 Å². The van der Waals surface area contributed by atoms with E-state index in [1.165, 1.54) is 19.3 Å². The molecule has 1 aromatic rings. The molecule has 1 saturated carbocycles. The van der Waals surface area contributed by atoms with Crippen LogP contribution in [0.5, 0.6) is 0 Å². The van der Waals surface area contributed by atoms with Crippen LogP contribution in [0.25, 0.3) is 6.08 Å². The maximum Gasteiger partial charge on any atom is 0.317 e. The standard InChI is InChI=1S/C20H28N2O2/c1-22(14-8-11-17-9-4-2-5-10-17)19(23)21-18-15-20(24-16-18)12-6-3-7-13-20/h2,4-5,8-11,18H,3,6-7,12-16H2,1H3,(H,21,23)/b11-8+/t18-/m0/s1. The minimum atomic E-state index is -0.0193. The van der Waals surface area contributed by atoms with Gasteiger partial charge in [-0.2, -0.15) is 0 Å². The molecule has 1 atom stereocenters. The molecule has 4 heteroatoms. The summed E-state index contributed by atoms with van der Waals surface area (Å²) in [5, 5.41) is 3.13. The van der Waals surface area contributed by atoms with E-state index in [1.54, 1.807) is 4.90 Å². The number of amides is 2. The zero-order chi connectivity index (χ0) is 16.8. The molecule has 1 N–H and O–H groups in total. The topological polar surface area (TPSA) is 41.6 Å². The molecular weight excluding hydrogens is 300 g/mol. The minimum absolute atomic E-state index is 0.0193. The first-order valence-corrected chi connectivity index (χ1v) is 9.04. The highest BCUT2D eigenvalue weighted by Crippen LogP contribution is 2.39. The zero-order valence-corrected chi connectivity index (χ0v) is 14.5. The summed E-state index contributed by atoms with van der Waals surface area (Å²) in [6.07, 6.45) is 11.1.